The van der Waals surface area contributed by atoms with Crippen LogP contribution in [0, 0.1) is 0 Å². The lowest BCUT2D eigenvalue weighted by atomic mass is 10.1. The lowest BCUT2D eigenvalue weighted by molar-refractivity contribution is -0.141. The van der Waals surface area contributed by atoms with Gasteiger partial charge >= 0.3 is 12.0 Å². The lowest BCUT2D eigenvalue weighted by Crippen LogP contribution is -2.51. The molecule has 4 atom stereocenters. The van der Waals surface area contributed by atoms with Gasteiger partial charge in [-0.25, -0.2) is 9.59 Å². The molecular weight excluding hydrogens is 348 g/mol. The molecule has 1 aromatic heterocycles. The maximum Gasteiger partial charge on any atom is 0.328 e. The Kier molecular flexibility index (Phi) is 8.92. The maximum absolute atomic E-state index is 12.1. The van der Waals surface area contributed by atoms with Crippen LogP contribution in [0.2, 0.25) is 0 Å². The van der Waals surface area contributed by atoms with Gasteiger partial charge in [0.2, 0.25) is 5.89 Å². The second-order valence-electron chi connectivity index (χ2n) is 5.79. The highest BCUT2D eigenvalue weighted by Gasteiger charge is 2.28. The third-order valence-corrected chi connectivity index (χ3v) is 3.57. The Bertz CT molecular complexity index is 580. The van der Waals surface area contributed by atoms with E-state index in [0.717, 1.165) is 0 Å². The minimum atomic E-state index is -1.47. The number of carboxylic acid groups (broad SMARTS) is 1. The Morgan fingerprint density at radius 3 is 2.54 bits per heavy atom. The van der Waals surface area contributed by atoms with Crippen molar-refractivity contribution in [2.24, 2.45) is 11.5 Å². The van der Waals surface area contributed by atoms with Gasteiger partial charge in [0.15, 0.2) is 11.9 Å². The number of aliphatic hydroxyl groups excluding tert-OH is 2. The molecule has 0 aromatic carbocycles. The molecule has 12 nitrogen and oxygen atoms in total. The van der Waals surface area contributed by atoms with Crippen LogP contribution in [0.3, 0.4) is 0 Å². The van der Waals surface area contributed by atoms with Crippen LogP contribution in [-0.4, -0.2) is 62.8 Å². The monoisotopic (exact) mass is 374 g/mol. The summed E-state index contributed by atoms with van der Waals surface area (Å²) in [7, 11) is 0. The van der Waals surface area contributed by atoms with E-state index in [-0.39, 0.29) is 18.3 Å². The summed E-state index contributed by atoms with van der Waals surface area (Å²) in [4.78, 5) is 27.2. The van der Waals surface area contributed by atoms with Crippen LogP contribution < -0.4 is 22.1 Å². The van der Waals surface area contributed by atoms with Crippen molar-refractivity contribution in [3.8, 4) is 0 Å². The summed E-state index contributed by atoms with van der Waals surface area (Å²) in [5.41, 5.74) is 11.1. The molecule has 26 heavy (non-hydrogen) atoms. The number of rotatable bonds is 11. The van der Waals surface area contributed by atoms with E-state index < -0.39 is 36.2 Å². The SMILES string of the molecule is CC(O)C(NC(=O)N[C@@H](CCCCN)c1nc([C@@H](N)CO)no1)C(=O)O. The highest BCUT2D eigenvalue weighted by atomic mass is 16.5. The summed E-state index contributed by atoms with van der Waals surface area (Å²) >= 11 is 0. The molecule has 0 saturated carbocycles. The minimum absolute atomic E-state index is 0.0694. The molecule has 0 radical (unpaired) electrons. The van der Waals surface area contributed by atoms with Gasteiger partial charge in [-0.1, -0.05) is 5.16 Å². The molecule has 0 saturated heterocycles. The predicted molar refractivity (Wildman–Crippen MR) is 88.7 cm³/mol. The molecule has 0 bridgehead atoms. The van der Waals surface area contributed by atoms with Gasteiger partial charge in [-0.05, 0) is 32.7 Å². The van der Waals surface area contributed by atoms with Crippen molar-refractivity contribution < 1.29 is 29.4 Å². The first-order valence-electron chi connectivity index (χ1n) is 8.18. The Morgan fingerprint density at radius 2 is 2.00 bits per heavy atom. The zero-order valence-corrected chi connectivity index (χ0v) is 14.5. The van der Waals surface area contributed by atoms with Gasteiger partial charge < -0.3 is 41.9 Å². The Morgan fingerprint density at radius 1 is 1.31 bits per heavy atom. The summed E-state index contributed by atoms with van der Waals surface area (Å²) in [5.74, 6) is -1.22. The van der Waals surface area contributed by atoms with Gasteiger partial charge in [-0.3, -0.25) is 0 Å². The van der Waals surface area contributed by atoms with Gasteiger partial charge in [-0.15, -0.1) is 0 Å². The molecule has 12 heteroatoms. The number of nitrogens with two attached hydrogens (primary N) is 2. The Balaban J connectivity index is 2.84. The molecule has 1 aromatic rings. The van der Waals surface area contributed by atoms with Crippen molar-refractivity contribution in [3.63, 3.8) is 0 Å². The summed E-state index contributed by atoms with van der Waals surface area (Å²) in [6.45, 7) is 1.34. The number of aliphatic carboxylic acids is 1. The van der Waals surface area contributed by atoms with Crippen molar-refractivity contribution in [1.29, 1.82) is 0 Å². The van der Waals surface area contributed by atoms with Crippen LogP contribution in [-0.2, 0) is 4.79 Å². The molecule has 2 amide bonds. The number of carboxylic acids is 1. The van der Waals surface area contributed by atoms with Crippen molar-refractivity contribution in [1.82, 2.24) is 20.8 Å². The maximum atomic E-state index is 12.1. The minimum Gasteiger partial charge on any atom is -0.480 e. The van der Waals surface area contributed by atoms with Crippen LogP contribution in [0.5, 0.6) is 0 Å². The van der Waals surface area contributed by atoms with E-state index in [9.17, 15) is 14.7 Å². The standard InChI is InChI=1S/C14H26N6O6/c1-7(22)10(13(23)24)18-14(25)17-9(4-2-3-5-15)12-19-11(20-26-12)8(16)6-21/h7-10,21-22H,2-6,15-16H2,1H3,(H,23,24)(H2,17,18,25)/t7?,8-,9-,10?/m0/s1. The van der Waals surface area contributed by atoms with E-state index in [4.69, 9.17) is 26.2 Å². The van der Waals surface area contributed by atoms with Gasteiger partial charge in [0.1, 0.15) is 6.04 Å². The molecule has 0 aliphatic heterocycles. The summed E-state index contributed by atoms with van der Waals surface area (Å²) < 4.78 is 5.09. The quantitative estimate of drug-likeness (QED) is 0.220. The molecule has 0 spiro atoms. The topological polar surface area (TPSA) is 210 Å². The number of unbranched alkanes of at least 4 members (excludes halogenated alkanes) is 1. The fraction of sp³-hybridized carbons (Fsp3) is 0.714. The average molecular weight is 374 g/mol. The molecule has 2 unspecified atom stereocenters. The Hall–Kier alpha value is -2.28. The number of aliphatic hydroxyl groups is 2. The third kappa shape index (κ3) is 6.55. The number of nitrogens with zero attached hydrogens (tertiary/aromatic N) is 2. The number of carbonyl (C=O) groups is 2. The number of carbonyl (C=O) groups excluding carboxylic acids is 1. The molecule has 148 valence electrons. The summed E-state index contributed by atoms with van der Waals surface area (Å²) in [6.07, 6.45) is 0.464. The first-order chi connectivity index (χ1) is 12.3. The van der Waals surface area contributed by atoms with E-state index in [0.29, 0.717) is 25.8 Å². The number of hydrogen-bond donors (Lipinski definition) is 7. The van der Waals surface area contributed by atoms with Crippen molar-refractivity contribution in [3.05, 3.63) is 11.7 Å². The van der Waals surface area contributed by atoms with Gasteiger partial charge in [-0.2, -0.15) is 4.98 Å². The zero-order chi connectivity index (χ0) is 19.7. The second-order valence-corrected chi connectivity index (χ2v) is 5.79. The Labute approximate surface area is 149 Å². The number of urea groups is 1. The molecule has 1 rings (SSSR count). The van der Waals surface area contributed by atoms with Crippen molar-refractivity contribution >= 4 is 12.0 Å². The first-order valence-corrected chi connectivity index (χ1v) is 8.18. The third-order valence-electron chi connectivity index (χ3n) is 3.57. The van der Waals surface area contributed by atoms with Crippen LogP contribution in [0.1, 0.15) is 50.0 Å². The molecule has 0 fully saturated rings. The van der Waals surface area contributed by atoms with Crippen LogP contribution in [0.15, 0.2) is 4.52 Å². The van der Waals surface area contributed by atoms with Gasteiger partial charge in [0.05, 0.1) is 18.8 Å². The van der Waals surface area contributed by atoms with Gasteiger partial charge in [0.25, 0.3) is 0 Å². The molecule has 1 heterocycles. The number of nitrogens with one attached hydrogen (secondary N) is 2. The smallest absolute Gasteiger partial charge is 0.328 e. The normalized spacial score (nSPS) is 15.7. The molecule has 9 N–H and O–H groups in total. The highest BCUT2D eigenvalue weighted by Crippen LogP contribution is 2.19. The average Bonchev–Trinajstić information content (AvgIpc) is 3.07. The lowest BCUT2D eigenvalue weighted by Gasteiger charge is -2.20. The second kappa shape index (κ2) is 10.7. The number of amides is 2. The zero-order valence-electron chi connectivity index (χ0n) is 14.5. The fourth-order valence-electron chi connectivity index (χ4n) is 2.10. The highest BCUT2D eigenvalue weighted by molar-refractivity contribution is 5.83. The van der Waals surface area contributed by atoms with E-state index in [1.165, 1.54) is 6.92 Å². The molecule has 0 aliphatic carbocycles. The number of hydrogen-bond acceptors (Lipinski definition) is 9. The summed E-state index contributed by atoms with van der Waals surface area (Å²) in [6, 6.07) is -3.82. The van der Waals surface area contributed by atoms with E-state index in [1.54, 1.807) is 0 Å². The van der Waals surface area contributed by atoms with Crippen LogP contribution in [0.4, 0.5) is 4.79 Å². The number of aromatic nitrogens is 2. The van der Waals surface area contributed by atoms with Crippen molar-refractivity contribution in [2.45, 2.75) is 50.4 Å². The van der Waals surface area contributed by atoms with E-state index in [1.807, 2.05) is 0 Å². The van der Waals surface area contributed by atoms with Gasteiger partial charge in [0, 0.05) is 0 Å². The van der Waals surface area contributed by atoms with E-state index >= 15 is 0 Å². The van der Waals surface area contributed by atoms with E-state index in [2.05, 4.69) is 20.8 Å². The fourth-order valence-corrected chi connectivity index (χ4v) is 2.10. The molecule has 0 aliphatic rings. The van der Waals surface area contributed by atoms with Crippen LogP contribution >= 0.6 is 0 Å². The first kappa shape index (κ1) is 21.8. The predicted octanol–water partition coefficient (Wildman–Crippen LogP) is -1.63. The van der Waals surface area contributed by atoms with Crippen LogP contribution in [0.25, 0.3) is 0 Å². The largest absolute Gasteiger partial charge is 0.480 e. The summed E-state index contributed by atoms with van der Waals surface area (Å²) in [5, 5.41) is 35.8. The van der Waals surface area contributed by atoms with Crippen molar-refractivity contribution in [2.75, 3.05) is 13.2 Å². The molecular formula is C14H26N6O6.